The van der Waals surface area contributed by atoms with Crippen LogP contribution in [-0.2, 0) is 10.0 Å². The molecule has 8 nitrogen and oxygen atoms in total. The number of nitrogens with one attached hydrogen (secondary N) is 3. The third-order valence-electron chi connectivity index (χ3n) is 4.17. The number of H-pyrrole nitrogens is 2. The lowest BCUT2D eigenvalue weighted by molar-refractivity contribution is 0.600. The molecule has 0 atom stereocenters. The molecule has 0 aliphatic heterocycles. The maximum Gasteiger partial charge on any atom is 0.289 e. The van der Waals surface area contributed by atoms with Gasteiger partial charge in [-0.05, 0) is 31.5 Å². The van der Waals surface area contributed by atoms with Gasteiger partial charge in [-0.3, -0.25) is 9.82 Å². The summed E-state index contributed by atoms with van der Waals surface area (Å²) in [6.07, 6.45) is 3.15. The van der Waals surface area contributed by atoms with Crippen molar-refractivity contribution in [2.45, 2.75) is 18.2 Å². The number of aryl methyl sites for hydroxylation is 2. The minimum Gasteiger partial charge on any atom is -0.358 e. The van der Waals surface area contributed by atoms with Gasteiger partial charge in [0.05, 0.1) is 22.5 Å². The molecule has 0 saturated carbocycles. The number of fused-ring (bicyclic) bond motifs is 1. The average molecular weight is 398 g/mol. The number of aromatic nitrogens is 4. The summed E-state index contributed by atoms with van der Waals surface area (Å²) in [7, 11) is -3.89. The van der Waals surface area contributed by atoms with Crippen LogP contribution >= 0.6 is 11.3 Å². The minimum atomic E-state index is -3.89. The fraction of sp³-hybridized carbons (Fsp3) is 0.118. The fourth-order valence-corrected chi connectivity index (χ4v) is 5.26. The summed E-state index contributed by atoms with van der Waals surface area (Å²) in [5.74, 6) is 0. The van der Waals surface area contributed by atoms with Gasteiger partial charge in [-0.2, -0.15) is 18.8 Å². The van der Waals surface area contributed by atoms with Crippen molar-refractivity contribution in [2.75, 3.05) is 4.72 Å². The van der Waals surface area contributed by atoms with Gasteiger partial charge in [-0.1, -0.05) is 6.07 Å². The van der Waals surface area contributed by atoms with E-state index in [1.165, 1.54) is 0 Å². The molecule has 27 heavy (non-hydrogen) atoms. The lowest BCUT2D eigenvalue weighted by atomic mass is 10.1. The van der Waals surface area contributed by atoms with Crippen LogP contribution in [0.1, 0.15) is 16.0 Å². The number of nitriles is 1. The number of rotatable bonds is 4. The molecule has 3 heterocycles. The van der Waals surface area contributed by atoms with E-state index in [-0.39, 0.29) is 4.34 Å². The highest BCUT2D eigenvalue weighted by Gasteiger charge is 2.23. The van der Waals surface area contributed by atoms with E-state index in [2.05, 4.69) is 31.0 Å². The maximum absolute atomic E-state index is 12.9. The Morgan fingerprint density at radius 2 is 2.07 bits per heavy atom. The first-order chi connectivity index (χ1) is 12.9. The van der Waals surface area contributed by atoms with E-state index in [4.69, 9.17) is 0 Å². The first kappa shape index (κ1) is 17.3. The molecular weight excluding hydrogens is 384 g/mol. The van der Waals surface area contributed by atoms with Gasteiger partial charge in [0.15, 0.2) is 0 Å². The van der Waals surface area contributed by atoms with Gasteiger partial charge in [0.2, 0.25) is 4.34 Å². The summed E-state index contributed by atoms with van der Waals surface area (Å²) in [6.45, 7) is 3.68. The second-order valence-electron chi connectivity index (χ2n) is 5.95. The van der Waals surface area contributed by atoms with Crippen molar-refractivity contribution in [3.05, 3.63) is 46.6 Å². The van der Waals surface area contributed by atoms with Crippen LogP contribution in [0.2, 0.25) is 0 Å². The molecule has 3 N–H and O–H groups in total. The number of sulfonamides is 1. The Kier molecular flexibility index (Phi) is 3.98. The quantitative estimate of drug-likeness (QED) is 0.486. The van der Waals surface area contributed by atoms with Gasteiger partial charge < -0.3 is 4.98 Å². The van der Waals surface area contributed by atoms with Crippen molar-refractivity contribution in [3.8, 4) is 17.5 Å². The molecule has 136 valence electrons. The van der Waals surface area contributed by atoms with Crippen LogP contribution in [0.5, 0.6) is 0 Å². The average Bonchev–Trinajstić information content (AvgIpc) is 3.35. The van der Waals surface area contributed by atoms with Crippen molar-refractivity contribution >= 4 is 38.0 Å². The van der Waals surface area contributed by atoms with Crippen LogP contribution in [0.3, 0.4) is 0 Å². The monoisotopic (exact) mass is 398 g/mol. The molecule has 0 amide bonds. The lowest BCUT2D eigenvalue weighted by Crippen LogP contribution is -2.13. The van der Waals surface area contributed by atoms with E-state index in [1.807, 2.05) is 6.92 Å². The Morgan fingerprint density at radius 3 is 2.78 bits per heavy atom. The molecule has 0 aliphatic carbocycles. The molecule has 0 unspecified atom stereocenters. The summed E-state index contributed by atoms with van der Waals surface area (Å²) in [4.78, 5) is 8.02. The van der Waals surface area contributed by atoms with Crippen LogP contribution in [0.25, 0.3) is 22.3 Å². The zero-order valence-corrected chi connectivity index (χ0v) is 16.0. The Balaban J connectivity index is 1.76. The van der Waals surface area contributed by atoms with Gasteiger partial charge in [-0.25, -0.2) is 4.98 Å². The summed E-state index contributed by atoms with van der Waals surface area (Å²) in [5, 5.41) is 16.6. The molecule has 3 aromatic heterocycles. The third kappa shape index (κ3) is 2.87. The van der Waals surface area contributed by atoms with Crippen molar-refractivity contribution in [1.29, 1.82) is 5.26 Å². The first-order valence-corrected chi connectivity index (χ1v) is 10.2. The molecule has 0 bridgehead atoms. The zero-order chi connectivity index (χ0) is 19.2. The van der Waals surface area contributed by atoms with Crippen molar-refractivity contribution in [2.24, 2.45) is 0 Å². The molecule has 4 aromatic rings. The van der Waals surface area contributed by atoms with Gasteiger partial charge in [0.1, 0.15) is 11.8 Å². The molecule has 0 fully saturated rings. The number of benzene rings is 1. The van der Waals surface area contributed by atoms with E-state index < -0.39 is 10.0 Å². The summed E-state index contributed by atoms with van der Waals surface area (Å²) < 4.78 is 28.3. The molecular formula is C17H14N6O2S2. The van der Waals surface area contributed by atoms with E-state index in [1.54, 1.807) is 37.5 Å². The van der Waals surface area contributed by atoms with Gasteiger partial charge in [0.25, 0.3) is 10.0 Å². The van der Waals surface area contributed by atoms with Crippen LogP contribution in [0, 0.1) is 25.2 Å². The Hall–Kier alpha value is -3.16. The highest BCUT2D eigenvalue weighted by molar-refractivity contribution is 7.94. The van der Waals surface area contributed by atoms with E-state index >= 15 is 0 Å². The Bertz CT molecular complexity index is 1290. The second-order valence-corrected chi connectivity index (χ2v) is 9.01. The summed E-state index contributed by atoms with van der Waals surface area (Å²) >= 11 is 1.09. The molecule has 0 radical (unpaired) electrons. The molecule has 0 saturated heterocycles. The topological polar surface area (TPSA) is 127 Å². The predicted octanol–water partition coefficient (Wildman–Crippen LogP) is 3.30. The lowest BCUT2D eigenvalue weighted by Gasteiger charge is -2.08. The summed E-state index contributed by atoms with van der Waals surface area (Å²) in [6, 6.07) is 7.29. The molecule has 4 rings (SSSR count). The number of thiazole rings is 1. The van der Waals surface area contributed by atoms with Crippen molar-refractivity contribution < 1.29 is 8.42 Å². The van der Waals surface area contributed by atoms with Gasteiger partial charge in [-0.15, -0.1) is 11.3 Å². The van der Waals surface area contributed by atoms with Crippen molar-refractivity contribution in [1.82, 2.24) is 20.2 Å². The molecule has 0 spiro atoms. The van der Waals surface area contributed by atoms with Crippen LogP contribution in [0.4, 0.5) is 5.69 Å². The molecule has 10 heteroatoms. The number of nitrogens with zero attached hydrogens (tertiary/aromatic N) is 3. The second kappa shape index (κ2) is 6.22. The van der Waals surface area contributed by atoms with Crippen LogP contribution < -0.4 is 4.72 Å². The van der Waals surface area contributed by atoms with Crippen LogP contribution in [0.15, 0.2) is 34.9 Å². The molecule has 1 aromatic carbocycles. The largest absolute Gasteiger partial charge is 0.358 e. The summed E-state index contributed by atoms with van der Waals surface area (Å²) in [5.41, 5.74) is 3.50. The predicted molar refractivity (Wildman–Crippen MR) is 103 cm³/mol. The smallest absolute Gasteiger partial charge is 0.289 e. The van der Waals surface area contributed by atoms with Crippen molar-refractivity contribution in [3.63, 3.8) is 0 Å². The molecule has 0 aliphatic rings. The van der Waals surface area contributed by atoms with E-state index in [0.29, 0.717) is 33.5 Å². The van der Waals surface area contributed by atoms with Crippen LogP contribution in [-0.4, -0.2) is 28.6 Å². The number of hydrogen-bond donors (Lipinski definition) is 3. The third-order valence-corrected chi connectivity index (χ3v) is 6.88. The maximum atomic E-state index is 12.9. The minimum absolute atomic E-state index is 0.0367. The standard InChI is InChI=1S/C17H14N6O2S2/c1-9-3-4-13(16-14(9)11(7-18)8-19-16)23-27(24,25)17-21-15(10(2)26-17)12-5-6-20-22-12/h3-6,8,19,23H,1-2H3,(H,20,22). The van der Waals surface area contributed by atoms with E-state index in [9.17, 15) is 13.7 Å². The number of hydrogen-bond acceptors (Lipinski definition) is 6. The highest BCUT2D eigenvalue weighted by Crippen LogP contribution is 2.32. The van der Waals surface area contributed by atoms with Gasteiger partial charge >= 0.3 is 0 Å². The first-order valence-electron chi connectivity index (χ1n) is 7.91. The highest BCUT2D eigenvalue weighted by atomic mass is 32.2. The Morgan fingerprint density at radius 1 is 1.26 bits per heavy atom. The SMILES string of the molecule is Cc1sc(S(=O)(=O)Nc2ccc(C)c3c(C#N)c[nH]c23)nc1-c1ccn[nH]1. The fourth-order valence-electron chi connectivity index (χ4n) is 2.91. The normalized spacial score (nSPS) is 11.6. The number of aromatic amines is 2. The number of anilines is 1. The van der Waals surface area contributed by atoms with E-state index in [0.717, 1.165) is 21.8 Å². The Labute approximate surface area is 158 Å². The van der Waals surface area contributed by atoms with Gasteiger partial charge in [0, 0.05) is 22.7 Å². The zero-order valence-electron chi connectivity index (χ0n) is 14.4.